The van der Waals surface area contributed by atoms with Crippen molar-refractivity contribution in [3.8, 4) is 22.3 Å². The highest BCUT2D eigenvalue weighted by Gasteiger charge is 2.19. The molecule has 0 amide bonds. The molecule has 0 saturated heterocycles. The third kappa shape index (κ3) is 4.51. The van der Waals surface area contributed by atoms with E-state index < -0.39 is 0 Å². The fourth-order valence-electron chi connectivity index (χ4n) is 7.89. The second-order valence-electron chi connectivity index (χ2n) is 13.3. The number of nitrogens with zero attached hydrogens (tertiary/aromatic N) is 1. The van der Waals surface area contributed by atoms with Gasteiger partial charge in [0.2, 0.25) is 0 Å². The van der Waals surface area contributed by atoms with Crippen molar-refractivity contribution in [2.75, 3.05) is 4.90 Å². The number of para-hydroxylation sites is 3. The van der Waals surface area contributed by atoms with Crippen LogP contribution in [0.1, 0.15) is 0 Å². The smallest absolute Gasteiger partial charge is 0.143 e. The zero-order valence-electron chi connectivity index (χ0n) is 27.9. The van der Waals surface area contributed by atoms with E-state index in [9.17, 15) is 0 Å². The van der Waals surface area contributed by atoms with Gasteiger partial charge in [-0.3, -0.25) is 0 Å². The molecule has 0 N–H and O–H groups in total. The Morgan fingerprint density at radius 1 is 0.365 bits per heavy atom. The summed E-state index contributed by atoms with van der Waals surface area (Å²) in [7, 11) is 0. The average molecular weight is 684 g/mol. The molecule has 3 nitrogen and oxygen atoms in total. The summed E-state index contributed by atoms with van der Waals surface area (Å²) >= 11 is 1.84. The Hall–Kier alpha value is -6.62. The molecule has 0 aliphatic heterocycles. The monoisotopic (exact) mass is 683 g/mol. The van der Waals surface area contributed by atoms with Crippen molar-refractivity contribution in [1.29, 1.82) is 0 Å². The van der Waals surface area contributed by atoms with Crippen LogP contribution in [0, 0.1) is 0 Å². The van der Waals surface area contributed by atoms with Crippen molar-refractivity contribution in [2.24, 2.45) is 0 Å². The van der Waals surface area contributed by atoms with E-state index in [1.54, 1.807) is 0 Å². The summed E-state index contributed by atoms with van der Waals surface area (Å²) in [5.74, 6) is 0. The molecule has 0 unspecified atom stereocenters. The molecule has 52 heavy (non-hydrogen) atoms. The first-order chi connectivity index (χ1) is 25.8. The molecule has 11 rings (SSSR count). The predicted octanol–water partition coefficient (Wildman–Crippen LogP) is 14.7. The van der Waals surface area contributed by atoms with Crippen LogP contribution in [0.15, 0.2) is 185 Å². The third-order valence-corrected chi connectivity index (χ3v) is 11.4. The summed E-state index contributed by atoms with van der Waals surface area (Å²) in [5.41, 5.74) is 11.3. The molecule has 3 aromatic heterocycles. The maximum atomic E-state index is 6.47. The average Bonchev–Trinajstić information content (AvgIpc) is 3.89. The van der Waals surface area contributed by atoms with Crippen molar-refractivity contribution < 1.29 is 8.83 Å². The van der Waals surface area contributed by atoms with E-state index in [1.807, 2.05) is 35.6 Å². The molecule has 8 aromatic carbocycles. The Labute approximate surface area is 303 Å². The second-order valence-corrected chi connectivity index (χ2v) is 14.4. The van der Waals surface area contributed by atoms with Crippen molar-refractivity contribution in [3.63, 3.8) is 0 Å². The van der Waals surface area contributed by atoms with E-state index in [4.69, 9.17) is 8.83 Å². The van der Waals surface area contributed by atoms with Crippen LogP contribution in [-0.2, 0) is 0 Å². The van der Waals surface area contributed by atoms with E-state index in [0.29, 0.717) is 0 Å². The minimum absolute atomic E-state index is 0.900. The first kappa shape index (κ1) is 29.1. The quantitative estimate of drug-likeness (QED) is 0.181. The number of hydrogen-bond acceptors (Lipinski definition) is 4. The van der Waals surface area contributed by atoms with Crippen molar-refractivity contribution in [2.45, 2.75) is 0 Å². The summed E-state index contributed by atoms with van der Waals surface area (Å²) < 4.78 is 15.3. The van der Waals surface area contributed by atoms with Crippen LogP contribution < -0.4 is 4.90 Å². The van der Waals surface area contributed by atoms with Crippen molar-refractivity contribution in [1.82, 2.24) is 0 Å². The molecule has 11 aromatic rings. The topological polar surface area (TPSA) is 29.5 Å². The lowest BCUT2D eigenvalue weighted by atomic mass is 9.98. The zero-order chi connectivity index (χ0) is 34.2. The van der Waals surface area contributed by atoms with Gasteiger partial charge in [-0.25, -0.2) is 0 Å². The number of thiophene rings is 1. The van der Waals surface area contributed by atoms with Crippen LogP contribution in [0.25, 0.3) is 86.3 Å². The van der Waals surface area contributed by atoms with Crippen molar-refractivity contribution >= 4 is 92.4 Å². The minimum Gasteiger partial charge on any atom is -0.456 e. The Balaban J connectivity index is 1.08. The van der Waals surface area contributed by atoms with Gasteiger partial charge in [0, 0.05) is 64.3 Å². The molecule has 244 valence electrons. The number of benzene rings is 8. The fraction of sp³-hybridized carbons (Fsp3) is 0. The molecular formula is C48H29NO2S. The fourth-order valence-corrected chi connectivity index (χ4v) is 9.03. The normalized spacial score (nSPS) is 11.8. The maximum Gasteiger partial charge on any atom is 0.143 e. The maximum absolute atomic E-state index is 6.47. The number of anilines is 3. The van der Waals surface area contributed by atoms with Crippen LogP contribution in [0.4, 0.5) is 17.1 Å². The van der Waals surface area contributed by atoms with Gasteiger partial charge in [0.25, 0.3) is 0 Å². The van der Waals surface area contributed by atoms with Gasteiger partial charge in [-0.2, -0.15) is 0 Å². The summed E-state index contributed by atoms with van der Waals surface area (Å²) in [6, 6.07) is 62.6. The van der Waals surface area contributed by atoms with Crippen LogP contribution in [0.5, 0.6) is 0 Å². The van der Waals surface area contributed by atoms with E-state index in [-0.39, 0.29) is 0 Å². The third-order valence-electron chi connectivity index (χ3n) is 10.3. The van der Waals surface area contributed by atoms with Gasteiger partial charge in [0.1, 0.15) is 22.3 Å². The van der Waals surface area contributed by atoms with Gasteiger partial charge < -0.3 is 13.7 Å². The highest BCUT2D eigenvalue weighted by Crippen LogP contribution is 2.44. The largest absolute Gasteiger partial charge is 0.456 e. The second kappa shape index (κ2) is 11.5. The summed E-state index contributed by atoms with van der Waals surface area (Å²) in [4.78, 5) is 2.36. The Morgan fingerprint density at radius 2 is 1.00 bits per heavy atom. The van der Waals surface area contributed by atoms with E-state index in [0.717, 1.165) is 83.2 Å². The molecule has 0 aliphatic rings. The minimum atomic E-state index is 0.900. The highest BCUT2D eigenvalue weighted by atomic mass is 32.1. The molecule has 4 heteroatoms. The summed E-state index contributed by atoms with van der Waals surface area (Å²) in [5, 5.41) is 7.11. The first-order valence-electron chi connectivity index (χ1n) is 17.5. The molecule has 0 atom stereocenters. The molecule has 0 bridgehead atoms. The highest BCUT2D eigenvalue weighted by molar-refractivity contribution is 7.25. The summed E-state index contributed by atoms with van der Waals surface area (Å²) in [6.07, 6.45) is 0. The van der Waals surface area contributed by atoms with Crippen LogP contribution in [0.2, 0.25) is 0 Å². The first-order valence-corrected chi connectivity index (χ1v) is 18.3. The van der Waals surface area contributed by atoms with E-state index in [2.05, 4.69) is 157 Å². The van der Waals surface area contributed by atoms with Gasteiger partial charge in [-0.05, 0) is 77.4 Å². The van der Waals surface area contributed by atoms with Crippen molar-refractivity contribution in [3.05, 3.63) is 176 Å². The molecule has 0 radical (unpaired) electrons. The van der Waals surface area contributed by atoms with E-state index >= 15 is 0 Å². The molecule has 0 fully saturated rings. The molecule has 0 saturated carbocycles. The van der Waals surface area contributed by atoms with Gasteiger partial charge in [0.15, 0.2) is 0 Å². The number of furan rings is 2. The Bertz CT molecular complexity index is 3150. The molecule has 0 aliphatic carbocycles. The number of rotatable bonds is 5. The van der Waals surface area contributed by atoms with Crippen LogP contribution in [-0.4, -0.2) is 0 Å². The lowest BCUT2D eigenvalue weighted by molar-refractivity contribution is 0.669. The van der Waals surface area contributed by atoms with Crippen LogP contribution in [0.3, 0.4) is 0 Å². The van der Waals surface area contributed by atoms with E-state index in [1.165, 1.54) is 20.2 Å². The van der Waals surface area contributed by atoms with Gasteiger partial charge in [-0.15, -0.1) is 11.3 Å². The standard InChI is InChI=1S/C48H29NO2S/c1-4-18-42-37(12-1)40-17-8-16-36(48(40)51-42)31-10-7-11-33(28-31)49(34-26-27-39-38-13-3-6-21-45(38)52-46(39)29-34)32-24-22-30(23-25-32)35-15-9-20-44-47(35)41-14-2-5-19-43(41)50-44/h1-29H. The van der Waals surface area contributed by atoms with Gasteiger partial charge in [-0.1, -0.05) is 115 Å². The Kier molecular flexibility index (Phi) is 6.42. The number of fused-ring (bicyclic) bond motifs is 9. The lowest BCUT2D eigenvalue weighted by Gasteiger charge is -2.26. The molecule has 0 spiro atoms. The molecular weight excluding hydrogens is 655 g/mol. The summed E-state index contributed by atoms with van der Waals surface area (Å²) in [6.45, 7) is 0. The van der Waals surface area contributed by atoms with Gasteiger partial charge >= 0.3 is 0 Å². The Morgan fingerprint density at radius 3 is 1.88 bits per heavy atom. The zero-order valence-corrected chi connectivity index (χ0v) is 28.7. The number of hydrogen-bond donors (Lipinski definition) is 0. The molecule has 3 heterocycles. The SMILES string of the molecule is c1cc(-c2cccc3c2oc2ccccc23)cc(N(c2ccc(-c3cccc4oc5ccccc5c34)cc2)c2ccc3c(c2)sc2ccccc23)c1. The van der Waals surface area contributed by atoms with Crippen LogP contribution >= 0.6 is 11.3 Å². The lowest BCUT2D eigenvalue weighted by Crippen LogP contribution is -2.10. The van der Waals surface area contributed by atoms with Gasteiger partial charge in [0.05, 0.1) is 0 Å². The predicted molar refractivity (Wildman–Crippen MR) is 219 cm³/mol.